The summed E-state index contributed by atoms with van der Waals surface area (Å²) in [4.78, 5) is 0. The fraction of sp³-hybridized carbons (Fsp3) is 0.429. The summed E-state index contributed by atoms with van der Waals surface area (Å²) in [5.41, 5.74) is 2.36. The molecule has 0 atom stereocenters. The SMILES string of the molecule is C=C(C)c1ccc([SiH2]OC(C)(C)CC)cc1. The van der Waals surface area contributed by atoms with Crippen molar-refractivity contribution < 1.29 is 4.43 Å². The summed E-state index contributed by atoms with van der Waals surface area (Å²) in [6.07, 6.45) is 1.06. The number of benzene rings is 1. The molecule has 0 aliphatic heterocycles. The molecule has 1 nitrogen and oxygen atoms in total. The summed E-state index contributed by atoms with van der Waals surface area (Å²) in [5, 5.41) is 1.35. The molecule has 0 unspecified atom stereocenters. The van der Waals surface area contributed by atoms with Crippen LogP contribution in [0.1, 0.15) is 39.7 Å². The average Bonchev–Trinajstić information content (AvgIpc) is 2.27. The van der Waals surface area contributed by atoms with Crippen LogP contribution in [-0.2, 0) is 4.43 Å². The molecule has 0 aliphatic carbocycles. The maximum Gasteiger partial charge on any atom is 0.192 e. The Morgan fingerprint density at radius 3 is 2.31 bits per heavy atom. The third-order valence-electron chi connectivity index (χ3n) is 2.93. The Morgan fingerprint density at radius 2 is 1.88 bits per heavy atom. The van der Waals surface area contributed by atoms with Gasteiger partial charge in [-0.1, -0.05) is 43.3 Å². The largest absolute Gasteiger partial charge is 0.414 e. The maximum absolute atomic E-state index is 5.98. The Labute approximate surface area is 101 Å². The van der Waals surface area contributed by atoms with Crippen LogP contribution in [-0.4, -0.2) is 15.4 Å². The highest BCUT2D eigenvalue weighted by molar-refractivity contribution is 6.47. The minimum absolute atomic E-state index is 0.0270. The van der Waals surface area contributed by atoms with Gasteiger partial charge in [0, 0.05) is 0 Å². The van der Waals surface area contributed by atoms with Gasteiger partial charge in [0.15, 0.2) is 9.76 Å². The zero-order valence-electron chi connectivity index (χ0n) is 10.8. The Balaban J connectivity index is 2.59. The first-order chi connectivity index (χ1) is 7.44. The summed E-state index contributed by atoms with van der Waals surface area (Å²) in [6, 6.07) is 8.60. The molecule has 0 saturated carbocycles. The van der Waals surface area contributed by atoms with E-state index in [0.29, 0.717) is 0 Å². The van der Waals surface area contributed by atoms with Crippen molar-refractivity contribution in [2.24, 2.45) is 0 Å². The first kappa shape index (κ1) is 13.2. The summed E-state index contributed by atoms with van der Waals surface area (Å²) in [5.74, 6) is 0. The lowest BCUT2D eigenvalue weighted by atomic mass is 10.1. The van der Waals surface area contributed by atoms with E-state index in [0.717, 1.165) is 12.0 Å². The van der Waals surface area contributed by atoms with E-state index in [2.05, 4.69) is 51.6 Å². The van der Waals surface area contributed by atoms with Crippen molar-refractivity contribution in [2.75, 3.05) is 0 Å². The van der Waals surface area contributed by atoms with Crippen molar-refractivity contribution in [1.82, 2.24) is 0 Å². The van der Waals surface area contributed by atoms with Crippen LogP contribution in [0, 0.1) is 0 Å². The van der Waals surface area contributed by atoms with Gasteiger partial charge in [-0.2, -0.15) is 0 Å². The molecule has 0 aliphatic rings. The smallest absolute Gasteiger partial charge is 0.192 e. The lowest BCUT2D eigenvalue weighted by molar-refractivity contribution is 0.114. The van der Waals surface area contributed by atoms with Gasteiger partial charge in [0.1, 0.15) is 0 Å². The van der Waals surface area contributed by atoms with Crippen LogP contribution in [0.15, 0.2) is 30.8 Å². The Hall–Kier alpha value is -0.863. The first-order valence-corrected chi connectivity index (χ1v) is 7.12. The second kappa shape index (κ2) is 5.46. The predicted octanol–water partition coefficient (Wildman–Crippen LogP) is 2.63. The van der Waals surface area contributed by atoms with Crippen LogP contribution in [0.4, 0.5) is 0 Å². The molecule has 0 N–H and O–H groups in total. The summed E-state index contributed by atoms with van der Waals surface area (Å²) in [7, 11) is -0.597. The summed E-state index contributed by atoms with van der Waals surface area (Å²) in [6.45, 7) is 12.4. The van der Waals surface area contributed by atoms with Crippen LogP contribution >= 0.6 is 0 Å². The zero-order chi connectivity index (χ0) is 12.2. The van der Waals surface area contributed by atoms with E-state index in [4.69, 9.17) is 4.43 Å². The van der Waals surface area contributed by atoms with Crippen molar-refractivity contribution in [1.29, 1.82) is 0 Å². The van der Waals surface area contributed by atoms with E-state index in [1.165, 1.54) is 10.8 Å². The zero-order valence-corrected chi connectivity index (χ0v) is 12.3. The topological polar surface area (TPSA) is 9.23 Å². The third-order valence-corrected chi connectivity index (χ3v) is 4.66. The van der Waals surface area contributed by atoms with Gasteiger partial charge in [-0.3, -0.25) is 0 Å². The highest BCUT2D eigenvalue weighted by Gasteiger charge is 2.14. The molecule has 16 heavy (non-hydrogen) atoms. The fourth-order valence-corrected chi connectivity index (χ4v) is 2.46. The van der Waals surface area contributed by atoms with E-state index in [1.807, 2.05) is 6.92 Å². The van der Waals surface area contributed by atoms with Crippen molar-refractivity contribution in [3.63, 3.8) is 0 Å². The number of rotatable bonds is 5. The second-order valence-corrected chi connectivity index (χ2v) is 6.27. The fourth-order valence-electron chi connectivity index (χ4n) is 1.27. The highest BCUT2D eigenvalue weighted by atomic mass is 28.2. The van der Waals surface area contributed by atoms with Crippen LogP contribution in [0.25, 0.3) is 5.57 Å². The molecule has 0 fully saturated rings. The van der Waals surface area contributed by atoms with Gasteiger partial charge in [-0.25, -0.2) is 0 Å². The molecule has 1 aromatic carbocycles. The predicted molar refractivity (Wildman–Crippen MR) is 74.8 cm³/mol. The average molecular weight is 234 g/mol. The molecule has 0 amide bonds. The molecule has 0 radical (unpaired) electrons. The van der Waals surface area contributed by atoms with E-state index in [9.17, 15) is 0 Å². The standard InChI is InChI=1S/C14H22OSi/c1-6-14(4,5)15-16-13-9-7-12(8-10-13)11(2)3/h7-10H,2,6,16H2,1,3-5H3. The molecule has 88 valence electrons. The minimum Gasteiger partial charge on any atom is -0.414 e. The van der Waals surface area contributed by atoms with Crippen molar-refractivity contribution in [3.05, 3.63) is 36.4 Å². The van der Waals surface area contributed by atoms with Crippen molar-refractivity contribution >= 4 is 20.5 Å². The number of allylic oxidation sites excluding steroid dienone is 1. The lowest BCUT2D eigenvalue weighted by Crippen LogP contribution is -2.30. The molecule has 1 aromatic rings. The van der Waals surface area contributed by atoms with Crippen LogP contribution in [0.2, 0.25) is 0 Å². The summed E-state index contributed by atoms with van der Waals surface area (Å²) >= 11 is 0. The molecular weight excluding hydrogens is 212 g/mol. The molecule has 0 aromatic heterocycles. The van der Waals surface area contributed by atoms with Crippen LogP contribution in [0.3, 0.4) is 0 Å². The van der Waals surface area contributed by atoms with Gasteiger partial charge >= 0.3 is 0 Å². The molecule has 0 saturated heterocycles. The van der Waals surface area contributed by atoms with Gasteiger partial charge in [0.25, 0.3) is 0 Å². The van der Waals surface area contributed by atoms with Crippen LogP contribution < -0.4 is 5.19 Å². The Kier molecular flexibility index (Phi) is 4.51. The highest BCUT2D eigenvalue weighted by Crippen LogP contribution is 2.12. The third kappa shape index (κ3) is 3.95. The van der Waals surface area contributed by atoms with Gasteiger partial charge in [0.2, 0.25) is 0 Å². The monoisotopic (exact) mass is 234 g/mol. The van der Waals surface area contributed by atoms with Crippen molar-refractivity contribution in [2.45, 2.75) is 39.7 Å². The van der Waals surface area contributed by atoms with Gasteiger partial charge in [-0.15, -0.1) is 0 Å². The molecular formula is C14H22OSi. The first-order valence-electron chi connectivity index (χ1n) is 5.83. The van der Waals surface area contributed by atoms with Gasteiger partial charge in [0.05, 0.1) is 5.60 Å². The lowest BCUT2D eigenvalue weighted by Gasteiger charge is -2.24. The van der Waals surface area contributed by atoms with Crippen LogP contribution in [0.5, 0.6) is 0 Å². The maximum atomic E-state index is 5.98. The van der Waals surface area contributed by atoms with E-state index >= 15 is 0 Å². The summed E-state index contributed by atoms with van der Waals surface area (Å²) < 4.78 is 5.98. The second-order valence-electron chi connectivity index (χ2n) is 4.88. The molecule has 0 bridgehead atoms. The minimum atomic E-state index is -0.597. The molecule has 2 heteroatoms. The van der Waals surface area contributed by atoms with Crippen molar-refractivity contribution in [3.8, 4) is 0 Å². The van der Waals surface area contributed by atoms with Gasteiger partial charge in [-0.05, 0) is 37.9 Å². The number of hydrogen-bond acceptors (Lipinski definition) is 1. The molecule has 0 heterocycles. The Morgan fingerprint density at radius 1 is 1.31 bits per heavy atom. The number of hydrogen-bond donors (Lipinski definition) is 0. The van der Waals surface area contributed by atoms with E-state index < -0.39 is 9.76 Å². The van der Waals surface area contributed by atoms with E-state index in [1.54, 1.807) is 0 Å². The quantitative estimate of drug-likeness (QED) is 0.712. The van der Waals surface area contributed by atoms with Gasteiger partial charge < -0.3 is 4.43 Å². The molecule has 0 spiro atoms. The Bertz CT molecular complexity index is 352. The normalized spacial score (nSPS) is 12.2. The molecule has 1 rings (SSSR count). The van der Waals surface area contributed by atoms with E-state index in [-0.39, 0.29) is 5.60 Å².